The van der Waals surface area contributed by atoms with Crippen LogP contribution in [0.25, 0.3) is 11.0 Å². The third-order valence-electron chi connectivity index (χ3n) is 2.55. The largest absolute Gasteiger partial charge is 0.298 e. The molecule has 19 heavy (non-hydrogen) atoms. The molecule has 0 amide bonds. The van der Waals surface area contributed by atoms with E-state index in [9.17, 15) is 4.79 Å². The highest BCUT2D eigenvalue weighted by Gasteiger charge is 1.95. The van der Waals surface area contributed by atoms with Gasteiger partial charge in [-0.25, -0.2) is 0 Å². The SMILES string of the molecule is Cc1ccccc1.O=Cc1cnc2cccnc2c1. The Kier molecular flexibility index (Phi) is 4.34. The Morgan fingerprint density at radius 1 is 0.947 bits per heavy atom. The lowest BCUT2D eigenvalue weighted by Gasteiger charge is -1.94. The number of fused-ring (bicyclic) bond motifs is 1. The molecule has 0 fully saturated rings. The highest BCUT2D eigenvalue weighted by Crippen LogP contribution is 2.07. The third-order valence-corrected chi connectivity index (χ3v) is 2.55. The van der Waals surface area contributed by atoms with Crippen molar-refractivity contribution in [3.05, 3.63) is 72.1 Å². The number of hydrogen-bond donors (Lipinski definition) is 0. The summed E-state index contributed by atoms with van der Waals surface area (Å²) < 4.78 is 0. The number of aldehydes is 1. The molecular weight excluding hydrogens is 236 g/mol. The zero-order valence-electron chi connectivity index (χ0n) is 10.7. The fourth-order valence-electron chi connectivity index (χ4n) is 1.57. The number of benzene rings is 1. The number of rotatable bonds is 1. The van der Waals surface area contributed by atoms with Crippen LogP contribution in [0.1, 0.15) is 15.9 Å². The van der Waals surface area contributed by atoms with Crippen LogP contribution in [0.2, 0.25) is 0 Å². The molecule has 0 aliphatic carbocycles. The number of aromatic nitrogens is 2. The van der Waals surface area contributed by atoms with Gasteiger partial charge in [-0.3, -0.25) is 14.8 Å². The van der Waals surface area contributed by atoms with Crippen molar-refractivity contribution in [1.29, 1.82) is 0 Å². The van der Waals surface area contributed by atoms with E-state index in [1.54, 1.807) is 12.3 Å². The van der Waals surface area contributed by atoms with Crippen LogP contribution in [0.4, 0.5) is 0 Å². The topological polar surface area (TPSA) is 42.9 Å². The van der Waals surface area contributed by atoms with Crippen molar-refractivity contribution in [3.63, 3.8) is 0 Å². The molecule has 0 aliphatic rings. The lowest BCUT2D eigenvalue weighted by molar-refractivity contribution is 0.112. The molecule has 3 rings (SSSR count). The molecule has 0 aliphatic heterocycles. The Balaban J connectivity index is 0.000000163. The lowest BCUT2D eigenvalue weighted by atomic mass is 10.2. The van der Waals surface area contributed by atoms with Gasteiger partial charge in [0.05, 0.1) is 11.0 Å². The summed E-state index contributed by atoms with van der Waals surface area (Å²) in [6.45, 7) is 2.08. The minimum absolute atomic E-state index is 0.557. The molecule has 2 heterocycles. The first-order valence-corrected chi connectivity index (χ1v) is 5.97. The van der Waals surface area contributed by atoms with Gasteiger partial charge in [0.25, 0.3) is 0 Å². The van der Waals surface area contributed by atoms with Gasteiger partial charge in [-0.2, -0.15) is 0 Å². The Hall–Kier alpha value is -2.55. The van der Waals surface area contributed by atoms with Gasteiger partial charge in [0.15, 0.2) is 6.29 Å². The van der Waals surface area contributed by atoms with E-state index in [4.69, 9.17) is 0 Å². The van der Waals surface area contributed by atoms with Gasteiger partial charge in [-0.15, -0.1) is 0 Å². The highest BCUT2D eigenvalue weighted by atomic mass is 16.1. The van der Waals surface area contributed by atoms with Crippen molar-refractivity contribution in [2.45, 2.75) is 6.92 Å². The van der Waals surface area contributed by atoms with Crippen LogP contribution in [-0.4, -0.2) is 16.3 Å². The molecule has 3 nitrogen and oxygen atoms in total. The summed E-state index contributed by atoms with van der Waals surface area (Å²) in [5, 5.41) is 0. The van der Waals surface area contributed by atoms with E-state index >= 15 is 0 Å². The van der Waals surface area contributed by atoms with Crippen molar-refractivity contribution < 1.29 is 4.79 Å². The Labute approximate surface area is 112 Å². The standard InChI is InChI=1S/C9H6N2O.C7H8/c12-6-7-4-9-8(11-5-7)2-1-3-10-9;1-7-5-3-2-4-6-7/h1-6H;2-6H,1H3. The second-order valence-electron chi connectivity index (χ2n) is 4.08. The average molecular weight is 250 g/mol. The van der Waals surface area contributed by atoms with Crippen molar-refractivity contribution in [2.24, 2.45) is 0 Å². The Bertz CT molecular complexity index is 666. The second-order valence-corrected chi connectivity index (χ2v) is 4.08. The van der Waals surface area contributed by atoms with Crippen molar-refractivity contribution in [3.8, 4) is 0 Å². The van der Waals surface area contributed by atoms with Gasteiger partial charge in [-0.1, -0.05) is 35.9 Å². The van der Waals surface area contributed by atoms with E-state index in [2.05, 4.69) is 29.0 Å². The van der Waals surface area contributed by atoms with Crippen molar-refractivity contribution in [2.75, 3.05) is 0 Å². The summed E-state index contributed by atoms with van der Waals surface area (Å²) in [5.74, 6) is 0. The van der Waals surface area contributed by atoms with Gasteiger partial charge in [-0.05, 0) is 25.1 Å². The van der Waals surface area contributed by atoms with Crippen LogP contribution in [0.5, 0.6) is 0 Å². The summed E-state index contributed by atoms with van der Waals surface area (Å²) >= 11 is 0. The van der Waals surface area contributed by atoms with Crippen molar-refractivity contribution >= 4 is 17.3 Å². The molecule has 3 heteroatoms. The fourth-order valence-corrected chi connectivity index (χ4v) is 1.57. The van der Waals surface area contributed by atoms with Crippen LogP contribution in [0.15, 0.2) is 60.9 Å². The Morgan fingerprint density at radius 3 is 2.37 bits per heavy atom. The summed E-state index contributed by atoms with van der Waals surface area (Å²) in [5.41, 5.74) is 3.44. The minimum Gasteiger partial charge on any atom is -0.298 e. The molecule has 0 saturated carbocycles. The van der Waals surface area contributed by atoms with Gasteiger partial charge in [0.2, 0.25) is 0 Å². The molecule has 94 valence electrons. The third kappa shape index (κ3) is 3.71. The quantitative estimate of drug-likeness (QED) is 0.621. The van der Waals surface area contributed by atoms with Gasteiger partial charge in [0, 0.05) is 18.0 Å². The number of nitrogens with zero attached hydrogens (tertiary/aromatic N) is 2. The smallest absolute Gasteiger partial charge is 0.151 e. The average Bonchev–Trinajstić information content (AvgIpc) is 2.48. The summed E-state index contributed by atoms with van der Waals surface area (Å²) in [6, 6.07) is 15.7. The first-order chi connectivity index (χ1) is 9.29. The zero-order valence-corrected chi connectivity index (χ0v) is 10.7. The van der Waals surface area contributed by atoms with Crippen molar-refractivity contribution in [1.82, 2.24) is 9.97 Å². The lowest BCUT2D eigenvalue weighted by Crippen LogP contribution is -1.85. The Morgan fingerprint density at radius 2 is 1.74 bits per heavy atom. The summed E-state index contributed by atoms with van der Waals surface area (Å²) in [7, 11) is 0. The molecular formula is C16H14N2O. The number of hydrogen-bond acceptors (Lipinski definition) is 3. The molecule has 2 aromatic heterocycles. The highest BCUT2D eigenvalue weighted by molar-refractivity contribution is 5.82. The maximum Gasteiger partial charge on any atom is 0.151 e. The van der Waals surface area contributed by atoms with E-state index in [-0.39, 0.29) is 0 Å². The van der Waals surface area contributed by atoms with Crippen LogP contribution in [-0.2, 0) is 0 Å². The minimum atomic E-state index is 0.557. The first-order valence-electron chi connectivity index (χ1n) is 5.97. The van der Waals surface area contributed by atoms with Gasteiger partial charge < -0.3 is 0 Å². The number of carbonyl (C=O) groups is 1. The molecule has 0 unspecified atom stereocenters. The van der Waals surface area contributed by atoms with E-state index in [1.165, 1.54) is 11.8 Å². The van der Waals surface area contributed by atoms with Crippen LogP contribution in [0.3, 0.4) is 0 Å². The first kappa shape index (κ1) is 12.9. The van der Waals surface area contributed by atoms with E-state index in [0.29, 0.717) is 5.56 Å². The van der Waals surface area contributed by atoms with Crippen LogP contribution < -0.4 is 0 Å². The second kappa shape index (κ2) is 6.40. The molecule has 0 radical (unpaired) electrons. The predicted octanol–water partition coefficient (Wildman–Crippen LogP) is 3.44. The molecule has 3 aromatic rings. The number of pyridine rings is 2. The van der Waals surface area contributed by atoms with Crippen LogP contribution >= 0.6 is 0 Å². The molecule has 0 saturated heterocycles. The normalized spacial score (nSPS) is 9.53. The molecule has 0 spiro atoms. The van der Waals surface area contributed by atoms with E-state index < -0.39 is 0 Å². The van der Waals surface area contributed by atoms with Gasteiger partial charge in [0.1, 0.15) is 0 Å². The maximum atomic E-state index is 10.4. The number of aryl methyl sites for hydroxylation is 1. The molecule has 0 bridgehead atoms. The van der Waals surface area contributed by atoms with E-state index in [1.807, 2.05) is 30.3 Å². The summed E-state index contributed by atoms with van der Waals surface area (Å²) in [6.07, 6.45) is 3.98. The zero-order chi connectivity index (χ0) is 13.5. The van der Waals surface area contributed by atoms with Gasteiger partial charge >= 0.3 is 0 Å². The molecule has 0 atom stereocenters. The summed E-state index contributed by atoms with van der Waals surface area (Å²) in [4.78, 5) is 18.5. The van der Waals surface area contributed by atoms with Crippen LogP contribution in [0, 0.1) is 6.92 Å². The van der Waals surface area contributed by atoms with E-state index in [0.717, 1.165) is 17.3 Å². The number of carbonyl (C=O) groups excluding carboxylic acids is 1. The maximum absolute atomic E-state index is 10.4. The fraction of sp³-hybridized carbons (Fsp3) is 0.0625. The predicted molar refractivity (Wildman–Crippen MR) is 76.1 cm³/mol. The monoisotopic (exact) mass is 250 g/mol. The molecule has 0 N–H and O–H groups in total. The molecule has 1 aromatic carbocycles.